The molecule has 1 amide bonds. The minimum absolute atomic E-state index is 0.00570. The number of nitrogens with zero attached hydrogens (tertiary/aromatic N) is 4. The lowest BCUT2D eigenvalue weighted by Gasteiger charge is -2.31. The number of aromatic nitrogens is 4. The van der Waals surface area contributed by atoms with Crippen molar-refractivity contribution in [3.8, 4) is 0 Å². The zero-order valence-corrected chi connectivity index (χ0v) is 14.5. The predicted molar refractivity (Wildman–Crippen MR) is 92.5 cm³/mol. The number of fused-ring (bicyclic) bond motifs is 1. The van der Waals surface area contributed by atoms with Gasteiger partial charge in [0.25, 0.3) is 11.5 Å². The molecule has 2 aromatic rings. The summed E-state index contributed by atoms with van der Waals surface area (Å²) in [5.74, 6) is 0.366. The van der Waals surface area contributed by atoms with Crippen LogP contribution in [-0.4, -0.2) is 43.9 Å². The smallest absolute Gasteiger partial charge is 0.274 e. The van der Waals surface area contributed by atoms with E-state index in [0.29, 0.717) is 31.2 Å². The van der Waals surface area contributed by atoms with Gasteiger partial charge in [0.2, 0.25) is 0 Å². The molecule has 0 bridgehead atoms. The summed E-state index contributed by atoms with van der Waals surface area (Å²) in [6, 6.07) is 3.54. The van der Waals surface area contributed by atoms with Crippen LogP contribution in [0, 0.1) is 12.8 Å². The summed E-state index contributed by atoms with van der Waals surface area (Å²) in [6.07, 6.45) is 4.83. The number of nitrogens with one attached hydrogen (secondary N) is 1. The normalized spacial score (nSPS) is 17.7. The standard InChI is InChI=1S/C18H23N5O2/c1-12-9-16(20-19-12)18(25)22-7-5-13(6-8-22)11-23-17(24)10-14-3-2-4-15(14)21-23/h9-10,13H,2-8,11H2,1H3,(H,19,20). The molecular weight excluding hydrogens is 318 g/mol. The van der Waals surface area contributed by atoms with E-state index in [1.54, 1.807) is 16.8 Å². The fraction of sp³-hybridized carbons (Fsp3) is 0.556. The second-order valence-electron chi connectivity index (χ2n) is 7.16. The Hall–Kier alpha value is -2.44. The Bertz CT molecular complexity index is 845. The highest BCUT2D eigenvalue weighted by molar-refractivity contribution is 5.92. The number of aryl methyl sites for hydroxylation is 3. The SMILES string of the molecule is Cc1cc(C(=O)N2CCC(Cn3nc4c(cc3=O)CCC4)CC2)n[nH]1. The van der Waals surface area contributed by atoms with Crippen LogP contribution in [0.15, 0.2) is 16.9 Å². The van der Waals surface area contributed by atoms with Crippen molar-refractivity contribution in [3.05, 3.63) is 45.1 Å². The van der Waals surface area contributed by atoms with E-state index >= 15 is 0 Å². The van der Waals surface area contributed by atoms with Crippen molar-refractivity contribution in [2.45, 2.75) is 45.6 Å². The number of H-pyrrole nitrogens is 1. The van der Waals surface area contributed by atoms with Crippen molar-refractivity contribution in [2.24, 2.45) is 5.92 Å². The van der Waals surface area contributed by atoms with Crippen molar-refractivity contribution < 1.29 is 4.79 Å². The Morgan fingerprint density at radius 3 is 2.80 bits per heavy atom. The van der Waals surface area contributed by atoms with Crippen LogP contribution in [0.3, 0.4) is 0 Å². The summed E-state index contributed by atoms with van der Waals surface area (Å²) in [6.45, 7) is 3.94. The summed E-state index contributed by atoms with van der Waals surface area (Å²) < 4.78 is 1.63. The molecule has 1 saturated heterocycles. The number of rotatable bonds is 3. The third-order valence-corrected chi connectivity index (χ3v) is 5.28. The topological polar surface area (TPSA) is 83.9 Å². The third kappa shape index (κ3) is 3.23. The molecule has 7 nitrogen and oxygen atoms in total. The van der Waals surface area contributed by atoms with Crippen LogP contribution in [-0.2, 0) is 19.4 Å². The van der Waals surface area contributed by atoms with E-state index in [2.05, 4.69) is 15.3 Å². The molecule has 0 saturated carbocycles. The average molecular weight is 341 g/mol. The molecule has 0 atom stereocenters. The molecule has 2 aliphatic rings. The minimum Gasteiger partial charge on any atom is -0.337 e. The van der Waals surface area contributed by atoms with Crippen LogP contribution in [0.4, 0.5) is 0 Å². The van der Waals surface area contributed by atoms with Gasteiger partial charge in [-0.15, -0.1) is 0 Å². The van der Waals surface area contributed by atoms with E-state index < -0.39 is 0 Å². The van der Waals surface area contributed by atoms with E-state index in [1.807, 2.05) is 11.8 Å². The number of hydrogen-bond donors (Lipinski definition) is 1. The fourth-order valence-corrected chi connectivity index (χ4v) is 3.82. The van der Waals surface area contributed by atoms with E-state index in [1.165, 1.54) is 0 Å². The van der Waals surface area contributed by atoms with E-state index in [9.17, 15) is 9.59 Å². The van der Waals surface area contributed by atoms with Gasteiger partial charge in [-0.05, 0) is 56.6 Å². The molecular formula is C18H23N5O2. The fourth-order valence-electron chi connectivity index (χ4n) is 3.82. The Morgan fingerprint density at radius 2 is 2.08 bits per heavy atom. The van der Waals surface area contributed by atoms with Crippen LogP contribution in [0.5, 0.6) is 0 Å². The zero-order chi connectivity index (χ0) is 17.4. The average Bonchev–Trinajstić information content (AvgIpc) is 3.24. The molecule has 0 spiro atoms. The lowest BCUT2D eigenvalue weighted by Crippen LogP contribution is -2.40. The summed E-state index contributed by atoms with van der Waals surface area (Å²) in [7, 11) is 0. The molecule has 2 aromatic heterocycles. The van der Waals surface area contributed by atoms with Crippen molar-refractivity contribution in [2.75, 3.05) is 13.1 Å². The van der Waals surface area contributed by atoms with E-state index in [0.717, 1.165) is 49.1 Å². The number of hydrogen-bond acceptors (Lipinski definition) is 4. The molecule has 25 heavy (non-hydrogen) atoms. The lowest BCUT2D eigenvalue weighted by molar-refractivity contribution is 0.0674. The maximum atomic E-state index is 12.4. The Labute approximate surface area is 146 Å². The number of amides is 1. The lowest BCUT2D eigenvalue weighted by atomic mass is 9.96. The van der Waals surface area contributed by atoms with Gasteiger partial charge in [-0.25, -0.2) is 4.68 Å². The second-order valence-corrected chi connectivity index (χ2v) is 7.16. The molecule has 0 aromatic carbocycles. The molecule has 0 unspecified atom stereocenters. The number of likely N-dealkylation sites (tertiary alicyclic amines) is 1. The first-order valence-electron chi connectivity index (χ1n) is 9.01. The highest BCUT2D eigenvalue weighted by Crippen LogP contribution is 2.21. The Kier molecular flexibility index (Phi) is 4.15. The molecule has 1 aliphatic carbocycles. The Balaban J connectivity index is 1.38. The van der Waals surface area contributed by atoms with Crippen molar-refractivity contribution in [1.82, 2.24) is 24.9 Å². The molecule has 0 radical (unpaired) electrons. The first-order chi connectivity index (χ1) is 12.1. The van der Waals surface area contributed by atoms with Crippen LogP contribution < -0.4 is 5.56 Å². The highest BCUT2D eigenvalue weighted by Gasteiger charge is 2.26. The van der Waals surface area contributed by atoms with Crippen LogP contribution in [0.1, 0.15) is 46.7 Å². The van der Waals surface area contributed by atoms with Crippen molar-refractivity contribution >= 4 is 5.91 Å². The summed E-state index contributed by atoms with van der Waals surface area (Å²) in [5.41, 5.74) is 3.58. The molecule has 1 aliphatic heterocycles. The van der Waals surface area contributed by atoms with Gasteiger partial charge in [-0.1, -0.05) is 0 Å². The number of aromatic amines is 1. The first kappa shape index (κ1) is 16.1. The second kappa shape index (κ2) is 6.46. The van der Waals surface area contributed by atoms with Gasteiger partial charge in [0.1, 0.15) is 5.69 Å². The van der Waals surface area contributed by atoms with Gasteiger partial charge in [-0.2, -0.15) is 10.2 Å². The summed E-state index contributed by atoms with van der Waals surface area (Å²) >= 11 is 0. The van der Waals surface area contributed by atoms with Gasteiger partial charge in [0.15, 0.2) is 0 Å². The molecule has 3 heterocycles. The number of carbonyl (C=O) groups is 1. The summed E-state index contributed by atoms with van der Waals surface area (Å²) in [4.78, 5) is 26.5. The molecule has 4 rings (SSSR count). The first-order valence-corrected chi connectivity index (χ1v) is 9.01. The monoisotopic (exact) mass is 341 g/mol. The van der Waals surface area contributed by atoms with Gasteiger partial charge >= 0.3 is 0 Å². The van der Waals surface area contributed by atoms with Gasteiger partial charge in [-0.3, -0.25) is 14.7 Å². The van der Waals surface area contributed by atoms with E-state index in [4.69, 9.17) is 0 Å². The van der Waals surface area contributed by atoms with Crippen LogP contribution in [0.25, 0.3) is 0 Å². The highest BCUT2D eigenvalue weighted by atomic mass is 16.2. The number of carbonyl (C=O) groups excluding carboxylic acids is 1. The Morgan fingerprint density at radius 1 is 1.28 bits per heavy atom. The third-order valence-electron chi connectivity index (χ3n) is 5.28. The van der Waals surface area contributed by atoms with Crippen LogP contribution >= 0.6 is 0 Å². The molecule has 7 heteroatoms. The number of piperidine rings is 1. The van der Waals surface area contributed by atoms with Gasteiger partial charge in [0.05, 0.1) is 5.69 Å². The molecule has 1 N–H and O–H groups in total. The van der Waals surface area contributed by atoms with Crippen molar-refractivity contribution in [3.63, 3.8) is 0 Å². The maximum absolute atomic E-state index is 12.4. The van der Waals surface area contributed by atoms with Crippen molar-refractivity contribution in [1.29, 1.82) is 0 Å². The minimum atomic E-state index is -0.0179. The van der Waals surface area contributed by atoms with Crippen LogP contribution in [0.2, 0.25) is 0 Å². The quantitative estimate of drug-likeness (QED) is 0.912. The summed E-state index contributed by atoms with van der Waals surface area (Å²) in [5, 5.41) is 11.4. The molecule has 132 valence electrons. The van der Waals surface area contributed by atoms with Gasteiger partial charge < -0.3 is 4.90 Å². The largest absolute Gasteiger partial charge is 0.337 e. The van der Waals surface area contributed by atoms with Gasteiger partial charge in [0, 0.05) is 31.4 Å². The maximum Gasteiger partial charge on any atom is 0.274 e. The zero-order valence-electron chi connectivity index (χ0n) is 14.5. The van der Waals surface area contributed by atoms with E-state index in [-0.39, 0.29) is 11.5 Å². The molecule has 1 fully saturated rings. The predicted octanol–water partition coefficient (Wildman–Crippen LogP) is 1.32.